The Morgan fingerprint density at radius 3 is 0.500 bits per heavy atom. The van der Waals surface area contributed by atoms with Gasteiger partial charge < -0.3 is 0 Å². The molecule has 0 radical (unpaired) electrons. The van der Waals surface area contributed by atoms with E-state index in [1.54, 1.807) is 0 Å². The fourth-order valence-corrected chi connectivity index (χ4v) is 0. The molecule has 16 valence electrons. The Morgan fingerprint density at radius 1 is 0.500 bits per heavy atom. The number of hydrogen-bond donors (Lipinski definition) is 0. The molecule has 0 rings (SSSR count). The summed E-state index contributed by atoms with van der Waals surface area (Å²) in [5.74, 6) is 0. The standard InChI is InChI=1S/3Ca.Mg.8H. The van der Waals surface area contributed by atoms with Crippen molar-refractivity contribution in [2.45, 2.75) is 0 Å². The minimum atomic E-state index is 0. The molecule has 0 aliphatic carbocycles. The van der Waals surface area contributed by atoms with Gasteiger partial charge in [0, 0.05) is 0 Å². The van der Waals surface area contributed by atoms with Gasteiger partial charge in [0.05, 0.1) is 0 Å². The second kappa shape index (κ2) is 15.6. The predicted molar refractivity (Wildman–Crippen MR) is 34.2 cm³/mol. The Bertz CT molecular complexity index is 3.25. The van der Waals surface area contributed by atoms with Crippen molar-refractivity contribution in [2.75, 3.05) is 0 Å². The van der Waals surface area contributed by atoms with Crippen molar-refractivity contribution < 1.29 is 0 Å². The maximum absolute atomic E-state index is 0. The molecule has 0 atom stereocenters. The minimum absolute atomic E-state index is 0. The molecule has 0 unspecified atom stereocenters. The normalized spacial score (nSPS) is 0. The van der Waals surface area contributed by atoms with Crippen molar-refractivity contribution in [1.29, 1.82) is 0 Å². The van der Waals surface area contributed by atoms with Gasteiger partial charge in [0.2, 0.25) is 0 Å². The summed E-state index contributed by atoms with van der Waals surface area (Å²) in [7, 11) is 0. The monoisotopic (exact) mass is 152 g/mol. The van der Waals surface area contributed by atoms with Crippen molar-refractivity contribution in [2.24, 2.45) is 0 Å². The Labute approximate surface area is 132 Å². The summed E-state index contributed by atoms with van der Waals surface area (Å²) in [5, 5.41) is 0. The smallest absolute Gasteiger partial charge is 0.316 e. The molecular formula is H8Ca3Mg. The summed E-state index contributed by atoms with van der Waals surface area (Å²) in [6.07, 6.45) is 0. The minimum Gasteiger partial charge on any atom is 0.316 e. The van der Waals surface area contributed by atoms with E-state index >= 15 is 0 Å². The van der Waals surface area contributed by atoms with Gasteiger partial charge in [0.25, 0.3) is 0 Å². The van der Waals surface area contributed by atoms with Gasteiger partial charge in [-0.1, -0.05) is 0 Å². The molecule has 0 aliphatic heterocycles. The average molecular weight is 153 g/mol. The first-order valence-electron chi connectivity index (χ1n) is 0. The third kappa shape index (κ3) is 9.74. The fourth-order valence-electron chi connectivity index (χ4n) is 0. The molecule has 0 aromatic rings. The molecule has 0 saturated carbocycles. The van der Waals surface area contributed by atoms with E-state index in [-0.39, 0.29) is 136 Å². The first-order chi connectivity index (χ1) is 0. The topological polar surface area (TPSA) is 0 Å². The summed E-state index contributed by atoms with van der Waals surface area (Å²) in [6.45, 7) is 0. The van der Waals surface area contributed by atoms with Crippen LogP contribution in [0.4, 0.5) is 0 Å². The van der Waals surface area contributed by atoms with Gasteiger partial charge >= 0.3 is 136 Å². The Kier molecular flexibility index (Phi) is 92.1. The van der Waals surface area contributed by atoms with E-state index in [2.05, 4.69) is 0 Å². The molecule has 0 fully saturated rings. The van der Waals surface area contributed by atoms with Crippen LogP contribution < -0.4 is 0 Å². The van der Waals surface area contributed by atoms with Gasteiger partial charge in [0.1, 0.15) is 0 Å². The molecule has 0 bridgehead atoms. The van der Waals surface area contributed by atoms with E-state index < -0.39 is 0 Å². The summed E-state index contributed by atoms with van der Waals surface area (Å²) in [5.41, 5.74) is 0. The van der Waals surface area contributed by atoms with Crippen LogP contribution in [0.1, 0.15) is 0 Å². The van der Waals surface area contributed by atoms with Crippen molar-refractivity contribution >= 4 is 136 Å². The largest absolute Gasteiger partial charge is 0.316 e. The molecule has 0 heterocycles. The molecule has 0 amide bonds. The second-order valence-corrected chi connectivity index (χ2v) is 0. The van der Waals surface area contributed by atoms with E-state index in [1.807, 2.05) is 0 Å². The van der Waals surface area contributed by atoms with E-state index in [1.165, 1.54) is 0 Å². The van der Waals surface area contributed by atoms with Crippen molar-refractivity contribution in [1.82, 2.24) is 0 Å². The first-order valence-corrected chi connectivity index (χ1v) is 0. The molecule has 0 saturated heterocycles. The van der Waals surface area contributed by atoms with Gasteiger partial charge in [-0.25, -0.2) is 0 Å². The van der Waals surface area contributed by atoms with E-state index in [0.717, 1.165) is 0 Å². The Balaban J connectivity index is 0. The van der Waals surface area contributed by atoms with Crippen LogP contribution in [0.25, 0.3) is 0 Å². The van der Waals surface area contributed by atoms with Gasteiger partial charge in [-0.2, -0.15) is 0 Å². The maximum Gasteiger partial charge on any atom is 0.316 e. The Morgan fingerprint density at radius 2 is 0.500 bits per heavy atom. The molecule has 4 heavy (non-hydrogen) atoms. The molecule has 0 aliphatic rings. The van der Waals surface area contributed by atoms with Crippen LogP contribution >= 0.6 is 0 Å². The van der Waals surface area contributed by atoms with E-state index in [0.29, 0.717) is 0 Å². The molecule has 0 spiro atoms. The summed E-state index contributed by atoms with van der Waals surface area (Å²) < 4.78 is 0. The SMILES string of the molecule is [CaH2].[CaH2].[CaH2].[MgH2]. The second-order valence-electron chi connectivity index (χ2n) is 0. The van der Waals surface area contributed by atoms with Crippen molar-refractivity contribution in [3.63, 3.8) is 0 Å². The molecule has 0 aromatic heterocycles. The third-order valence-electron chi connectivity index (χ3n) is 0. The van der Waals surface area contributed by atoms with Crippen LogP contribution in [0.2, 0.25) is 0 Å². The number of hydrogen-bond acceptors (Lipinski definition) is 0. The third-order valence-corrected chi connectivity index (χ3v) is 0. The zero-order valence-electron chi connectivity index (χ0n) is 0. The molecule has 0 N–H and O–H groups in total. The predicted octanol–water partition coefficient (Wildman–Crippen LogP) is -3.66. The average Bonchev–Trinajstić information content (AvgIpc) is 0. The summed E-state index contributed by atoms with van der Waals surface area (Å²) >= 11 is 0. The van der Waals surface area contributed by atoms with Crippen LogP contribution in [0.3, 0.4) is 0 Å². The van der Waals surface area contributed by atoms with Gasteiger partial charge in [-0.3, -0.25) is 0 Å². The van der Waals surface area contributed by atoms with Crippen molar-refractivity contribution in [3.05, 3.63) is 0 Å². The van der Waals surface area contributed by atoms with Crippen LogP contribution in [0.15, 0.2) is 0 Å². The van der Waals surface area contributed by atoms with Gasteiger partial charge in [-0.15, -0.1) is 0 Å². The molecular weight excluding hydrogens is 145 g/mol. The number of rotatable bonds is 0. The molecule has 4 heteroatoms. The first kappa shape index (κ1) is 23.5. The summed E-state index contributed by atoms with van der Waals surface area (Å²) in [4.78, 5) is 0. The quantitative estimate of drug-likeness (QED) is 0.314. The zero-order chi connectivity index (χ0) is 0. The van der Waals surface area contributed by atoms with Crippen LogP contribution in [-0.2, 0) is 0 Å². The van der Waals surface area contributed by atoms with E-state index in [4.69, 9.17) is 0 Å². The summed E-state index contributed by atoms with van der Waals surface area (Å²) in [6, 6.07) is 0. The van der Waals surface area contributed by atoms with Crippen LogP contribution in [0, 0.1) is 0 Å². The fraction of sp³-hybridized carbons (Fsp3) is 0. The van der Waals surface area contributed by atoms with Gasteiger partial charge in [-0.05, 0) is 0 Å². The zero-order valence-corrected chi connectivity index (χ0v) is 0. The van der Waals surface area contributed by atoms with E-state index in [9.17, 15) is 0 Å². The molecule has 0 aromatic carbocycles. The molecule has 0 nitrogen and oxygen atoms in total. The Hall–Kier alpha value is 4.55. The van der Waals surface area contributed by atoms with Gasteiger partial charge in [0.15, 0.2) is 0 Å². The van der Waals surface area contributed by atoms with Crippen molar-refractivity contribution in [3.8, 4) is 0 Å². The van der Waals surface area contributed by atoms with Crippen LogP contribution in [-0.4, -0.2) is 136 Å². The van der Waals surface area contributed by atoms with Crippen LogP contribution in [0.5, 0.6) is 0 Å². The maximum atomic E-state index is 0.